The number of carbonyl (C=O) groups excluding carboxylic acids is 2. The third kappa shape index (κ3) is 9.94. The van der Waals surface area contributed by atoms with Crippen molar-refractivity contribution >= 4 is 55.2 Å². The second kappa shape index (κ2) is 8.19. The fourth-order valence-corrected chi connectivity index (χ4v) is 1.12. The summed E-state index contributed by atoms with van der Waals surface area (Å²) in [5.41, 5.74) is 0. The molecular formula is C7H12Cl3N2O5P. The molecule has 11 heteroatoms. The summed E-state index contributed by atoms with van der Waals surface area (Å²) in [5, 5.41) is 4.34. The molecule has 0 rings (SSSR count). The van der Waals surface area contributed by atoms with E-state index in [2.05, 4.69) is 15.4 Å². The van der Waals surface area contributed by atoms with E-state index in [1.165, 1.54) is 6.92 Å². The molecule has 1 unspecified atom stereocenters. The average molecular weight is 342 g/mol. The summed E-state index contributed by atoms with van der Waals surface area (Å²) < 4.78 is 2.76. The van der Waals surface area contributed by atoms with Gasteiger partial charge in [0.15, 0.2) is 8.38 Å². The molecule has 0 heterocycles. The third-order valence-corrected chi connectivity index (χ3v) is 2.63. The predicted molar refractivity (Wildman–Crippen MR) is 68.6 cm³/mol. The van der Waals surface area contributed by atoms with Crippen molar-refractivity contribution in [2.45, 2.75) is 16.5 Å². The summed E-state index contributed by atoms with van der Waals surface area (Å²) in [7, 11) is -2.27. The smallest absolute Gasteiger partial charge is 0.407 e. The van der Waals surface area contributed by atoms with E-state index in [0.29, 0.717) is 0 Å². The van der Waals surface area contributed by atoms with Gasteiger partial charge in [-0.1, -0.05) is 34.8 Å². The van der Waals surface area contributed by atoms with Gasteiger partial charge in [-0.25, -0.2) is 4.79 Å². The molecule has 0 saturated heterocycles. The lowest BCUT2D eigenvalue weighted by atomic mass is 10.5. The molecule has 0 saturated carbocycles. The van der Waals surface area contributed by atoms with E-state index < -0.39 is 43.1 Å². The van der Waals surface area contributed by atoms with Crippen LogP contribution in [-0.2, 0) is 9.53 Å². The number of amides is 2. The van der Waals surface area contributed by atoms with Crippen LogP contribution >= 0.6 is 43.2 Å². The van der Waals surface area contributed by atoms with Gasteiger partial charge in [0.05, 0.1) is 5.78 Å². The molecule has 2 amide bonds. The molecule has 0 aromatic heterocycles. The number of alkyl halides is 3. The van der Waals surface area contributed by atoms with Crippen molar-refractivity contribution in [1.29, 1.82) is 0 Å². The molecule has 0 bridgehead atoms. The van der Waals surface area contributed by atoms with Crippen LogP contribution in [0.5, 0.6) is 0 Å². The Kier molecular flexibility index (Phi) is 8.18. The Labute approximate surface area is 120 Å². The molecule has 0 fully saturated rings. The second-order valence-corrected chi connectivity index (χ2v) is 7.04. The minimum Gasteiger partial charge on any atom is -0.445 e. The van der Waals surface area contributed by atoms with Gasteiger partial charge < -0.3 is 25.2 Å². The van der Waals surface area contributed by atoms with E-state index in [1.54, 1.807) is 0 Å². The van der Waals surface area contributed by atoms with Gasteiger partial charge in [0.2, 0.25) is 9.70 Å². The van der Waals surface area contributed by atoms with Crippen molar-refractivity contribution in [3.63, 3.8) is 0 Å². The van der Waals surface area contributed by atoms with Crippen LogP contribution in [0.25, 0.3) is 0 Å². The van der Waals surface area contributed by atoms with Gasteiger partial charge in [-0.2, -0.15) is 0 Å². The lowest BCUT2D eigenvalue weighted by Crippen LogP contribution is -2.40. The highest BCUT2D eigenvalue weighted by Gasteiger charge is 2.22. The Balaban J connectivity index is 3.82. The number of hydrogen-bond acceptors (Lipinski definition) is 5. The number of nitrogens with one attached hydrogen (secondary N) is 2. The number of rotatable bonds is 5. The lowest BCUT2D eigenvalue weighted by molar-refractivity contribution is -0.120. The summed E-state index contributed by atoms with van der Waals surface area (Å²) in [6.07, 6.45) is -0.931. The van der Waals surface area contributed by atoms with E-state index in [4.69, 9.17) is 44.6 Å². The molecule has 0 aliphatic heterocycles. The highest BCUT2D eigenvalue weighted by atomic mass is 35.6. The van der Waals surface area contributed by atoms with Crippen molar-refractivity contribution in [2.24, 2.45) is 0 Å². The molecule has 0 aliphatic rings. The zero-order chi connectivity index (χ0) is 14.3. The van der Waals surface area contributed by atoms with Crippen LogP contribution in [0.4, 0.5) is 4.79 Å². The number of ether oxygens (including phenoxy) is 1. The maximum Gasteiger partial charge on any atom is 0.407 e. The van der Waals surface area contributed by atoms with Crippen LogP contribution in [0, 0.1) is 0 Å². The Morgan fingerprint density at radius 2 is 1.94 bits per heavy atom. The van der Waals surface area contributed by atoms with E-state index >= 15 is 0 Å². The highest BCUT2D eigenvalue weighted by molar-refractivity contribution is 7.45. The monoisotopic (exact) mass is 340 g/mol. The molecule has 7 nitrogen and oxygen atoms in total. The zero-order valence-corrected chi connectivity index (χ0v) is 12.4. The summed E-state index contributed by atoms with van der Waals surface area (Å²) in [6, 6.07) is 0. The standard InChI is InChI=1S/C7H12Cl3N2O5P/c1-4(18(15)16)12-5(13)2-11-6(14)17-3-7(8,9)10/h4,15-16H,2-3H2,1H3,(H,11,14)(H,12,13). The maximum atomic E-state index is 11.2. The molecule has 0 aromatic rings. The van der Waals surface area contributed by atoms with Gasteiger partial charge >= 0.3 is 6.09 Å². The van der Waals surface area contributed by atoms with Gasteiger partial charge in [0.25, 0.3) is 0 Å². The SMILES string of the molecule is CC(NC(=O)CNC(=O)OCC(Cl)(Cl)Cl)P(O)O. The Bertz CT molecular complexity index is 299. The van der Waals surface area contributed by atoms with E-state index in [0.717, 1.165) is 0 Å². The number of carbonyl (C=O) groups is 2. The minimum absolute atomic E-state index is 0.397. The number of hydrogen-bond donors (Lipinski definition) is 4. The quantitative estimate of drug-likeness (QED) is 0.438. The minimum atomic E-state index is -2.27. The van der Waals surface area contributed by atoms with Crippen LogP contribution in [0.3, 0.4) is 0 Å². The predicted octanol–water partition coefficient (Wildman–Crippen LogP) is 0.842. The molecular weight excluding hydrogens is 329 g/mol. The molecule has 0 aromatic carbocycles. The molecule has 106 valence electrons. The molecule has 0 spiro atoms. The fourth-order valence-electron chi connectivity index (χ4n) is 0.693. The maximum absolute atomic E-state index is 11.2. The van der Waals surface area contributed by atoms with Crippen molar-refractivity contribution in [2.75, 3.05) is 13.2 Å². The van der Waals surface area contributed by atoms with Gasteiger partial charge in [-0.05, 0) is 6.92 Å². The van der Waals surface area contributed by atoms with Crippen LogP contribution in [0.2, 0.25) is 0 Å². The van der Waals surface area contributed by atoms with E-state index in [1.807, 2.05) is 0 Å². The highest BCUT2D eigenvalue weighted by Crippen LogP contribution is 2.28. The third-order valence-electron chi connectivity index (χ3n) is 1.48. The van der Waals surface area contributed by atoms with Gasteiger partial charge in [-0.3, -0.25) is 4.79 Å². The van der Waals surface area contributed by atoms with E-state index in [-0.39, 0.29) is 0 Å². The topological polar surface area (TPSA) is 108 Å². The summed E-state index contributed by atoms with van der Waals surface area (Å²) >= 11 is 16.0. The van der Waals surface area contributed by atoms with Crippen molar-refractivity contribution < 1.29 is 24.1 Å². The zero-order valence-electron chi connectivity index (χ0n) is 9.19. The first-order valence-electron chi connectivity index (χ1n) is 4.55. The largest absolute Gasteiger partial charge is 0.445 e. The summed E-state index contributed by atoms with van der Waals surface area (Å²) in [4.78, 5) is 39.8. The lowest BCUT2D eigenvalue weighted by Gasteiger charge is -2.15. The average Bonchev–Trinajstić information content (AvgIpc) is 2.22. The molecule has 18 heavy (non-hydrogen) atoms. The number of alkyl carbamates (subject to hydrolysis) is 1. The first kappa shape index (κ1) is 18.0. The first-order chi connectivity index (χ1) is 8.11. The van der Waals surface area contributed by atoms with Crippen LogP contribution in [0.1, 0.15) is 6.92 Å². The molecule has 0 radical (unpaired) electrons. The Morgan fingerprint density at radius 1 is 1.39 bits per heavy atom. The van der Waals surface area contributed by atoms with Crippen LogP contribution in [0.15, 0.2) is 0 Å². The van der Waals surface area contributed by atoms with Gasteiger partial charge in [0, 0.05) is 0 Å². The van der Waals surface area contributed by atoms with Crippen molar-refractivity contribution in [3.8, 4) is 0 Å². The van der Waals surface area contributed by atoms with E-state index in [9.17, 15) is 9.59 Å². The van der Waals surface area contributed by atoms with Crippen molar-refractivity contribution in [1.82, 2.24) is 10.6 Å². The summed E-state index contributed by atoms with van der Waals surface area (Å²) in [6.45, 7) is 0.553. The van der Waals surface area contributed by atoms with Crippen LogP contribution < -0.4 is 10.6 Å². The normalized spacial score (nSPS) is 13.1. The Morgan fingerprint density at radius 3 is 2.39 bits per heavy atom. The molecule has 4 N–H and O–H groups in total. The van der Waals surface area contributed by atoms with Gasteiger partial charge in [0.1, 0.15) is 13.2 Å². The molecule has 1 atom stereocenters. The summed E-state index contributed by atoms with van der Waals surface area (Å²) in [5.74, 6) is -1.41. The Hall–Kier alpha value is -0.0400. The van der Waals surface area contributed by atoms with Crippen molar-refractivity contribution in [3.05, 3.63) is 0 Å². The molecule has 0 aliphatic carbocycles. The van der Waals surface area contributed by atoms with Crippen LogP contribution in [-0.4, -0.2) is 44.5 Å². The fraction of sp³-hybridized carbons (Fsp3) is 0.714. The first-order valence-corrected chi connectivity index (χ1v) is 7.00. The van der Waals surface area contributed by atoms with Gasteiger partial charge in [-0.15, -0.1) is 0 Å². The number of halogens is 3. The second-order valence-electron chi connectivity index (χ2n) is 3.11.